The van der Waals surface area contributed by atoms with E-state index in [9.17, 15) is 9.59 Å². The van der Waals surface area contributed by atoms with Gasteiger partial charge in [-0.25, -0.2) is 0 Å². The first-order valence-corrected chi connectivity index (χ1v) is 9.51. The van der Waals surface area contributed by atoms with Crippen molar-refractivity contribution < 1.29 is 9.59 Å². The number of H-pyrrole nitrogens is 1. The van der Waals surface area contributed by atoms with Gasteiger partial charge < -0.3 is 15.6 Å². The summed E-state index contributed by atoms with van der Waals surface area (Å²) in [7, 11) is 0. The summed E-state index contributed by atoms with van der Waals surface area (Å²) < 4.78 is 0. The van der Waals surface area contributed by atoms with E-state index in [2.05, 4.69) is 21.7 Å². The SMILES string of the molecule is Cc1cccc(C)c1NC(=O)C(C)(C)C(=O)NCCc1c[nH]c2ccccc12. The zero-order valence-corrected chi connectivity index (χ0v) is 16.8. The van der Waals surface area contributed by atoms with Crippen LogP contribution in [0.2, 0.25) is 0 Å². The lowest BCUT2D eigenvalue weighted by Crippen LogP contribution is -2.45. The lowest BCUT2D eigenvalue weighted by atomic mass is 9.90. The average Bonchev–Trinajstić information content (AvgIpc) is 3.07. The van der Waals surface area contributed by atoms with Gasteiger partial charge >= 0.3 is 0 Å². The van der Waals surface area contributed by atoms with Gasteiger partial charge in [0.25, 0.3) is 0 Å². The van der Waals surface area contributed by atoms with Crippen LogP contribution < -0.4 is 10.6 Å². The molecule has 3 rings (SSSR count). The number of hydrogen-bond donors (Lipinski definition) is 3. The maximum absolute atomic E-state index is 12.8. The number of nitrogens with one attached hydrogen (secondary N) is 3. The third-order valence-corrected chi connectivity index (χ3v) is 5.21. The summed E-state index contributed by atoms with van der Waals surface area (Å²) in [6, 6.07) is 13.9. The quantitative estimate of drug-likeness (QED) is 0.566. The highest BCUT2D eigenvalue weighted by atomic mass is 16.2. The number of carbonyl (C=O) groups is 2. The number of aryl methyl sites for hydroxylation is 2. The third-order valence-electron chi connectivity index (χ3n) is 5.21. The number of anilines is 1. The molecule has 0 bridgehead atoms. The highest BCUT2D eigenvalue weighted by molar-refractivity contribution is 6.10. The number of amides is 2. The van der Waals surface area contributed by atoms with Crippen LogP contribution in [0.1, 0.15) is 30.5 Å². The Hall–Kier alpha value is -3.08. The van der Waals surface area contributed by atoms with Crippen LogP contribution in [-0.4, -0.2) is 23.3 Å². The molecule has 28 heavy (non-hydrogen) atoms. The van der Waals surface area contributed by atoms with E-state index in [-0.39, 0.29) is 11.8 Å². The Kier molecular flexibility index (Phi) is 5.54. The smallest absolute Gasteiger partial charge is 0.239 e. The van der Waals surface area contributed by atoms with Gasteiger partial charge in [0.15, 0.2) is 0 Å². The number of rotatable bonds is 6. The van der Waals surface area contributed by atoms with E-state index in [1.807, 2.05) is 56.4 Å². The molecule has 5 nitrogen and oxygen atoms in total. The molecular weight excluding hydrogens is 350 g/mol. The van der Waals surface area contributed by atoms with E-state index < -0.39 is 5.41 Å². The molecule has 0 fully saturated rings. The van der Waals surface area contributed by atoms with Crippen molar-refractivity contribution in [3.63, 3.8) is 0 Å². The Balaban J connectivity index is 1.61. The van der Waals surface area contributed by atoms with E-state index in [0.717, 1.165) is 33.3 Å². The van der Waals surface area contributed by atoms with Crippen LogP contribution in [-0.2, 0) is 16.0 Å². The van der Waals surface area contributed by atoms with Crippen LogP contribution in [0.3, 0.4) is 0 Å². The van der Waals surface area contributed by atoms with Gasteiger partial charge in [-0.1, -0.05) is 36.4 Å². The van der Waals surface area contributed by atoms with Crippen LogP contribution in [0.25, 0.3) is 10.9 Å². The number of benzene rings is 2. The van der Waals surface area contributed by atoms with Crippen LogP contribution in [0, 0.1) is 19.3 Å². The van der Waals surface area contributed by atoms with Crippen molar-refractivity contribution in [2.75, 3.05) is 11.9 Å². The topological polar surface area (TPSA) is 74.0 Å². The molecule has 3 aromatic rings. The molecule has 0 saturated carbocycles. The van der Waals surface area contributed by atoms with Crippen molar-refractivity contribution in [2.24, 2.45) is 5.41 Å². The van der Waals surface area contributed by atoms with Gasteiger partial charge in [-0.3, -0.25) is 9.59 Å². The first-order chi connectivity index (χ1) is 13.3. The molecule has 0 atom stereocenters. The molecule has 2 amide bonds. The Bertz CT molecular complexity index is 997. The minimum absolute atomic E-state index is 0.281. The first-order valence-electron chi connectivity index (χ1n) is 9.51. The van der Waals surface area contributed by atoms with Crippen LogP contribution >= 0.6 is 0 Å². The second-order valence-corrected chi connectivity index (χ2v) is 7.71. The molecule has 3 N–H and O–H groups in total. The van der Waals surface area contributed by atoms with Gasteiger partial charge in [0.05, 0.1) is 0 Å². The highest BCUT2D eigenvalue weighted by Crippen LogP contribution is 2.24. The Labute approximate surface area is 165 Å². The number of para-hydroxylation sites is 2. The number of carbonyl (C=O) groups excluding carboxylic acids is 2. The van der Waals surface area contributed by atoms with E-state index in [0.29, 0.717) is 13.0 Å². The lowest BCUT2D eigenvalue weighted by Gasteiger charge is -2.24. The molecule has 0 unspecified atom stereocenters. The third kappa shape index (κ3) is 3.93. The van der Waals surface area contributed by atoms with E-state index in [1.54, 1.807) is 13.8 Å². The van der Waals surface area contributed by atoms with Gasteiger partial charge in [0.1, 0.15) is 5.41 Å². The van der Waals surface area contributed by atoms with E-state index in [4.69, 9.17) is 0 Å². The van der Waals surface area contributed by atoms with Crippen molar-refractivity contribution in [1.29, 1.82) is 0 Å². The van der Waals surface area contributed by atoms with Crippen molar-refractivity contribution in [3.8, 4) is 0 Å². The largest absolute Gasteiger partial charge is 0.361 e. The van der Waals surface area contributed by atoms with Crippen LogP contribution in [0.4, 0.5) is 5.69 Å². The zero-order chi connectivity index (χ0) is 20.3. The predicted octanol–water partition coefficient (Wildman–Crippen LogP) is 4.11. The molecule has 1 heterocycles. The molecule has 0 aliphatic heterocycles. The number of aromatic nitrogens is 1. The number of fused-ring (bicyclic) bond motifs is 1. The van der Waals surface area contributed by atoms with E-state index in [1.165, 1.54) is 0 Å². The Morgan fingerprint density at radius 1 is 0.964 bits per heavy atom. The maximum Gasteiger partial charge on any atom is 0.239 e. The fourth-order valence-corrected chi connectivity index (χ4v) is 3.25. The van der Waals surface area contributed by atoms with Gasteiger partial charge in [0.2, 0.25) is 11.8 Å². The normalized spacial score (nSPS) is 11.4. The van der Waals surface area contributed by atoms with Crippen LogP contribution in [0.15, 0.2) is 48.7 Å². The van der Waals surface area contributed by atoms with Gasteiger partial charge in [-0.2, -0.15) is 0 Å². The summed E-state index contributed by atoms with van der Waals surface area (Å²) in [5.41, 5.74) is 3.78. The summed E-state index contributed by atoms with van der Waals surface area (Å²) >= 11 is 0. The van der Waals surface area contributed by atoms with Gasteiger partial charge in [0, 0.05) is 29.3 Å². The predicted molar refractivity (Wildman–Crippen MR) is 113 cm³/mol. The Morgan fingerprint density at radius 2 is 1.64 bits per heavy atom. The molecule has 0 aliphatic rings. The van der Waals surface area contributed by atoms with Crippen LogP contribution in [0.5, 0.6) is 0 Å². The summed E-state index contributed by atoms with van der Waals surface area (Å²) in [5.74, 6) is -0.592. The Morgan fingerprint density at radius 3 is 2.36 bits per heavy atom. The minimum Gasteiger partial charge on any atom is -0.361 e. The standard InChI is InChI=1S/C23H27N3O2/c1-15-8-7-9-16(2)20(15)26-22(28)23(3,4)21(27)24-13-12-17-14-25-19-11-6-5-10-18(17)19/h5-11,14,25H,12-13H2,1-4H3,(H,24,27)(H,26,28). The zero-order valence-electron chi connectivity index (χ0n) is 16.8. The molecule has 0 radical (unpaired) electrons. The van der Waals surface area contributed by atoms with E-state index >= 15 is 0 Å². The fraction of sp³-hybridized carbons (Fsp3) is 0.304. The lowest BCUT2D eigenvalue weighted by molar-refractivity contribution is -0.138. The fourth-order valence-electron chi connectivity index (χ4n) is 3.25. The summed E-state index contributed by atoms with van der Waals surface area (Å²) in [6.07, 6.45) is 2.67. The number of aromatic amines is 1. The molecule has 1 aromatic heterocycles. The maximum atomic E-state index is 12.8. The molecule has 146 valence electrons. The second-order valence-electron chi connectivity index (χ2n) is 7.71. The molecule has 0 spiro atoms. The minimum atomic E-state index is -1.17. The van der Waals surface area contributed by atoms with Crippen molar-refractivity contribution >= 4 is 28.4 Å². The monoisotopic (exact) mass is 377 g/mol. The summed E-state index contributed by atoms with van der Waals surface area (Å²) in [5, 5.41) is 6.99. The summed E-state index contributed by atoms with van der Waals surface area (Å²) in [6.45, 7) is 7.66. The number of hydrogen-bond acceptors (Lipinski definition) is 2. The average molecular weight is 377 g/mol. The molecule has 5 heteroatoms. The van der Waals surface area contributed by atoms with Gasteiger partial charge in [-0.15, -0.1) is 0 Å². The molecule has 2 aromatic carbocycles. The molecular formula is C23H27N3O2. The molecule has 0 aliphatic carbocycles. The molecule has 0 saturated heterocycles. The highest BCUT2D eigenvalue weighted by Gasteiger charge is 2.36. The van der Waals surface area contributed by atoms with Gasteiger partial charge in [-0.05, 0) is 56.9 Å². The summed E-state index contributed by atoms with van der Waals surface area (Å²) in [4.78, 5) is 28.7. The van der Waals surface area contributed by atoms with Crippen molar-refractivity contribution in [3.05, 3.63) is 65.4 Å². The first kappa shape index (κ1) is 19.7. The van der Waals surface area contributed by atoms with Crippen molar-refractivity contribution in [2.45, 2.75) is 34.1 Å². The van der Waals surface area contributed by atoms with Crippen molar-refractivity contribution in [1.82, 2.24) is 10.3 Å². The second kappa shape index (κ2) is 7.89.